The van der Waals surface area contributed by atoms with Gasteiger partial charge in [0.25, 0.3) is 0 Å². The van der Waals surface area contributed by atoms with Crippen LogP contribution in [0.1, 0.15) is 19.3 Å². The van der Waals surface area contributed by atoms with Crippen LogP contribution in [0.4, 0.5) is 15.8 Å². The highest BCUT2D eigenvalue weighted by Crippen LogP contribution is 2.22. The summed E-state index contributed by atoms with van der Waals surface area (Å²) in [7, 11) is 0. The molecule has 0 spiro atoms. The van der Waals surface area contributed by atoms with Crippen molar-refractivity contribution in [1.29, 1.82) is 0 Å². The minimum atomic E-state index is -0.425. The van der Waals surface area contributed by atoms with Crippen LogP contribution in [0.3, 0.4) is 0 Å². The van der Waals surface area contributed by atoms with Gasteiger partial charge in [0.1, 0.15) is 12.4 Å². The molecule has 17 heavy (non-hydrogen) atoms. The maximum Gasteiger partial charge on any atom is 0.250 e. The number of hydrogen-bond donors (Lipinski definition) is 2. The van der Waals surface area contributed by atoms with Gasteiger partial charge in [-0.05, 0) is 37.5 Å². The average molecular weight is 238 g/mol. The summed E-state index contributed by atoms with van der Waals surface area (Å²) < 4.78 is 18.1. The number of anilines is 2. The highest BCUT2D eigenvalue weighted by Gasteiger charge is 2.19. The van der Waals surface area contributed by atoms with Crippen molar-refractivity contribution in [3.05, 3.63) is 24.0 Å². The van der Waals surface area contributed by atoms with Crippen LogP contribution in [0, 0.1) is 5.82 Å². The molecular weight excluding hydrogens is 223 g/mol. The Labute approximate surface area is 98.9 Å². The van der Waals surface area contributed by atoms with E-state index < -0.39 is 5.82 Å². The molecule has 1 aromatic carbocycles. The van der Waals surface area contributed by atoms with E-state index in [1.165, 1.54) is 18.2 Å². The number of amides is 1. The third-order valence-electron chi connectivity index (χ3n) is 2.79. The Morgan fingerprint density at radius 1 is 1.53 bits per heavy atom. The van der Waals surface area contributed by atoms with Gasteiger partial charge in [0, 0.05) is 0 Å². The highest BCUT2D eigenvalue weighted by atomic mass is 19.1. The third kappa shape index (κ3) is 3.17. The van der Waals surface area contributed by atoms with Crippen LogP contribution in [0.5, 0.6) is 0 Å². The van der Waals surface area contributed by atoms with Gasteiger partial charge >= 0.3 is 0 Å². The monoisotopic (exact) mass is 238 g/mol. The van der Waals surface area contributed by atoms with Gasteiger partial charge in [-0.2, -0.15) is 0 Å². The molecule has 1 aliphatic rings. The fourth-order valence-corrected chi connectivity index (χ4v) is 1.56. The Morgan fingerprint density at radius 2 is 2.29 bits per heavy atom. The van der Waals surface area contributed by atoms with Crippen LogP contribution in [-0.2, 0) is 9.53 Å². The van der Waals surface area contributed by atoms with Crippen molar-refractivity contribution in [2.45, 2.75) is 25.4 Å². The van der Waals surface area contributed by atoms with Crippen molar-refractivity contribution < 1.29 is 13.9 Å². The number of rotatable bonds is 4. The molecule has 1 aromatic rings. The summed E-state index contributed by atoms with van der Waals surface area (Å²) in [6.45, 7) is 0.0154. The Bertz CT molecular complexity index is 419. The number of hydrogen-bond acceptors (Lipinski definition) is 3. The van der Waals surface area contributed by atoms with Gasteiger partial charge in [0.2, 0.25) is 5.91 Å². The maximum atomic E-state index is 12.8. The highest BCUT2D eigenvalue weighted by molar-refractivity contribution is 5.94. The minimum absolute atomic E-state index is 0.0154. The van der Waals surface area contributed by atoms with E-state index in [1.807, 2.05) is 0 Å². The van der Waals surface area contributed by atoms with Gasteiger partial charge in [0.15, 0.2) is 0 Å². The summed E-state index contributed by atoms with van der Waals surface area (Å²) in [6, 6.07) is 3.85. The summed E-state index contributed by atoms with van der Waals surface area (Å²) in [4.78, 5) is 11.5. The smallest absolute Gasteiger partial charge is 0.250 e. The van der Waals surface area contributed by atoms with Crippen molar-refractivity contribution in [3.63, 3.8) is 0 Å². The number of carbonyl (C=O) groups is 1. The van der Waals surface area contributed by atoms with Crippen molar-refractivity contribution in [1.82, 2.24) is 0 Å². The second kappa shape index (κ2) is 5.14. The maximum absolute atomic E-state index is 12.8. The molecular formula is C12H15FN2O2. The van der Waals surface area contributed by atoms with Gasteiger partial charge in [0.05, 0.1) is 17.5 Å². The third-order valence-corrected chi connectivity index (χ3v) is 2.79. The van der Waals surface area contributed by atoms with Crippen molar-refractivity contribution in [2.75, 3.05) is 17.7 Å². The number of halogens is 1. The fourth-order valence-electron chi connectivity index (χ4n) is 1.56. The first-order chi connectivity index (χ1) is 8.15. The SMILES string of the molecule is Nc1cc(F)ccc1NC(=O)COC1CCC1. The van der Waals surface area contributed by atoms with E-state index in [-0.39, 0.29) is 24.3 Å². The lowest BCUT2D eigenvalue weighted by Crippen LogP contribution is -2.27. The summed E-state index contributed by atoms with van der Waals surface area (Å²) >= 11 is 0. The molecule has 0 atom stereocenters. The average Bonchev–Trinajstić information content (AvgIpc) is 2.20. The van der Waals surface area contributed by atoms with Gasteiger partial charge in [-0.1, -0.05) is 0 Å². The number of benzene rings is 1. The van der Waals surface area contributed by atoms with E-state index in [1.54, 1.807) is 0 Å². The van der Waals surface area contributed by atoms with Crippen LogP contribution < -0.4 is 11.1 Å². The molecule has 1 fully saturated rings. The number of nitrogen functional groups attached to an aromatic ring is 1. The predicted molar refractivity (Wildman–Crippen MR) is 63.0 cm³/mol. The molecule has 0 unspecified atom stereocenters. The molecule has 0 heterocycles. The largest absolute Gasteiger partial charge is 0.397 e. The molecule has 1 amide bonds. The summed E-state index contributed by atoms with van der Waals surface area (Å²) in [5.41, 5.74) is 6.19. The molecule has 0 bridgehead atoms. The van der Waals surface area contributed by atoms with Gasteiger partial charge in [-0.3, -0.25) is 4.79 Å². The lowest BCUT2D eigenvalue weighted by Gasteiger charge is -2.25. The Hall–Kier alpha value is -1.62. The molecule has 5 heteroatoms. The summed E-state index contributed by atoms with van der Waals surface area (Å²) in [5, 5.41) is 2.59. The predicted octanol–water partition coefficient (Wildman–Crippen LogP) is 1.92. The van der Waals surface area contributed by atoms with Crippen LogP contribution in [0.15, 0.2) is 18.2 Å². The molecule has 0 saturated heterocycles. The lowest BCUT2D eigenvalue weighted by atomic mass is 9.96. The number of nitrogens with one attached hydrogen (secondary N) is 1. The molecule has 2 rings (SSSR count). The molecule has 4 nitrogen and oxygen atoms in total. The van der Waals surface area contributed by atoms with E-state index in [0.29, 0.717) is 5.69 Å². The van der Waals surface area contributed by atoms with E-state index in [9.17, 15) is 9.18 Å². The first-order valence-corrected chi connectivity index (χ1v) is 5.61. The fraction of sp³-hybridized carbons (Fsp3) is 0.417. The van der Waals surface area contributed by atoms with E-state index in [2.05, 4.69) is 5.32 Å². The summed E-state index contributed by atoms with van der Waals surface area (Å²) in [6.07, 6.45) is 3.42. The first-order valence-electron chi connectivity index (χ1n) is 5.61. The van der Waals surface area contributed by atoms with Crippen LogP contribution in [0.2, 0.25) is 0 Å². The molecule has 92 valence electrons. The van der Waals surface area contributed by atoms with Crippen molar-refractivity contribution >= 4 is 17.3 Å². The zero-order valence-electron chi connectivity index (χ0n) is 9.41. The van der Waals surface area contributed by atoms with E-state index in [4.69, 9.17) is 10.5 Å². The number of carbonyl (C=O) groups excluding carboxylic acids is 1. The van der Waals surface area contributed by atoms with Crippen molar-refractivity contribution in [2.24, 2.45) is 0 Å². The van der Waals surface area contributed by atoms with E-state index in [0.717, 1.165) is 19.3 Å². The Morgan fingerprint density at radius 3 is 2.88 bits per heavy atom. The molecule has 0 aromatic heterocycles. The Balaban J connectivity index is 1.84. The number of ether oxygens (including phenoxy) is 1. The second-order valence-electron chi connectivity index (χ2n) is 4.14. The van der Waals surface area contributed by atoms with Crippen molar-refractivity contribution in [3.8, 4) is 0 Å². The number of nitrogens with two attached hydrogens (primary N) is 1. The van der Waals surface area contributed by atoms with Gasteiger partial charge in [-0.25, -0.2) is 4.39 Å². The topological polar surface area (TPSA) is 64.3 Å². The second-order valence-corrected chi connectivity index (χ2v) is 4.14. The zero-order valence-corrected chi connectivity index (χ0v) is 9.41. The van der Waals surface area contributed by atoms with Gasteiger partial charge < -0.3 is 15.8 Å². The molecule has 0 aliphatic heterocycles. The molecule has 1 saturated carbocycles. The summed E-state index contributed by atoms with van der Waals surface area (Å²) in [5.74, 6) is -0.693. The first kappa shape index (κ1) is 11.9. The quantitative estimate of drug-likeness (QED) is 0.787. The lowest BCUT2D eigenvalue weighted by molar-refractivity contribution is -0.124. The van der Waals surface area contributed by atoms with Crippen LogP contribution in [-0.4, -0.2) is 18.6 Å². The van der Waals surface area contributed by atoms with Crippen LogP contribution in [0.25, 0.3) is 0 Å². The molecule has 3 N–H and O–H groups in total. The molecule has 1 aliphatic carbocycles. The normalized spacial score (nSPS) is 15.4. The standard InChI is InChI=1S/C12H15FN2O2/c13-8-4-5-11(10(14)6-8)15-12(16)7-17-9-2-1-3-9/h4-6,9H,1-3,7,14H2,(H,15,16). The minimum Gasteiger partial charge on any atom is -0.397 e. The molecule has 0 radical (unpaired) electrons. The van der Waals surface area contributed by atoms with Crippen LogP contribution >= 0.6 is 0 Å². The Kier molecular flexibility index (Phi) is 3.58. The van der Waals surface area contributed by atoms with E-state index >= 15 is 0 Å². The van der Waals surface area contributed by atoms with Gasteiger partial charge in [-0.15, -0.1) is 0 Å². The zero-order chi connectivity index (χ0) is 12.3.